The maximum atomic E-state index is 12.1. The van der Waals surface area contributed by atoms with Crippen molar-refractivity contribution in [1.82, 2.24) is 15.2 Å². The fraction of sp³-hybridized carbons (Fsp3) is 0.368. The summed E-state index contributed by atoms with van der Waals surface area (Å²) in [6.07, 6.45) is 4.31. The molecule has 0 atom stereocenters. The highest BCUT2D eigenvalue weighted by molar-refractivity contribution is 6.32. The van der Waals surface area contributed by atoms with Crippen molar-refractivity contribution in [3.63, 3.8) is 0 Å². The van der Waals surface area contributed by atoms with Crippen LogP contribution in [0.25, 0.3) is 0 Å². The number of amides is 2. The summed E-state index contributed by atoms with van der Waals surface area (Å²) in [7, 11) is 1.78. The number of aryl methyl sites for hydroxylation is 2. The third-order valence-electron chi connectivity index (χ3n) is 3.89. The van der Waals surface area contributed by atoms with Crippen LogP contribution < -0.4 is 10.1 Å². The quantitative estimate of drug-likeness (QED) is 0.766. The van der Waals surface area contributed by atoms with Crippen molar-refractivity contribution in [2.45, 2.75) is 20.3 Å². The van der Waals surface area contributed by atoms with Crippen LogP contribution >= 0.6 is 11.6 Å². The number of rotatable bonds is 7. The van der Waals surface area contributed by atoms with Gasteiger partial charge in [0.25, 0.3) is 0 Å². The molecule has 1 heterocycles. The third kappa shape index (κ3) is 5.94. The maximum absolute atomic E-state index is 12.1. The monoisotopic (exact) mass is 361 g/mol. The molecule has 134 valence electrons. The standard InChI is InChI=1S/C19H24ClN3O2/c1-14-12-17(13-15(2)18(14)20)25-11-9-22-19(24)23(3)10-6-16-4-7-21-8-5-16/h4-5,7-8,12-13H,6,9-11H2,1-3H3,(H,22,24). The largest absolute Gasteiger partial charge is 0.492 e. The number of likely N-dealkylation sites (N-methyl/N-ethyl adjacent to an activating group) is 1. The molecule has 6 heteroatoms. The van der Waals surface area contributed by atoms with E-state index in [4.69, 9.17) is 16.3 Å². The van der Waals surface area contributed by atoms with E-state index in [1.54, 1.807) is 24.3 Å². The Balaban J connectivity index is 1.69. The molecule has 0 aliphatic carbocycles. The van der Waals surface area contributed by atoms with Gasteiger partial charge >= 0.3 is 6.03 Å². The van der Waals surface area contributed by atoms with Gasteiger partial charge in [0, 0.05) is 31.0 Å². The molecule has 0 aliphatic rings. The number of hydrogen-bond donors (Lipinski definition) is 1. The van der Waals surface area contributed by atoms with E-state index in [1.165, 1.54) is 0 Å². The molecule has 0 spiro atoms. The number of urea groups is 1. The molecule has 2 rings (SSSR count). The highest BCUT2D eigenvalue weighted by Crippen LogP contribution is 2.25. The fourth-order valence-electron chi connectivity index (χ4n) is 2.40. The summed E-state index contributed by atoms with van der Waals surface area (Å²) in [4.78, 5) is 17.7. The normalized spacial score (nSPS) is 10.4. The van der Waals surface area contributed by atoms with E-state index >= 15 is 0 Å². The van der Waals surface area contributed by atoms with Gasteiger partial charge < -0.3 is 15.0 Å². The van der Waals surface area contributed by atoms with Crippen molar-refractivity contribution >= 4 is 17.6 Å². The molecule has 0 bridgehead atoms. The lowest BCUT2D eigenvalue weighted by Gasteiger charge is -2.18. The number of hydrogen-bond acceptors (Lipinski definition) is 3. The van der Waals surface area contributed by atoms with E-state index in [-0.39, 0.29) is 6.03 Å². The van der Waals surface area contributed by atoms with E-state index in [9.17, 15) is 4.79 Å². The van der Waals surface area contributed by atoms with Crippen molar-refractivity contribution in [1.29, 1.82) is 0 Å². The molecule has 0 fully saturated rings. The Morgan fingerprint density at radius 2 is 1.88 bits per heavy atom. The molecule has 2 aromatic rings. The van der Waals surface area contributed by atoms with E-state index < -0.39 is 0 Å². The topological polar surface area (TPSA) is 54.5 Å². The number of ether oxygens (including phenoxy) is 1. The molecule has 1 aromatic carbocycles. The molecule has 1 N–H and O–H groups in total. The smallest absolute Gasteiger partial charge is 0.317 e. The van der Waals surface area contributed by atoms with Crippen molar-refractivity contribution in [3.8, 4) is 5.75 Å². The van der Waals surface area contributed by atoms with Crippen LogP contribution in [0.5, 0.6) is 5.75 Å². The Hall–Kier alpha value is -2.27. The minimum Gasteiger partial charge on any atom is -0.492 e. The van der Waals surface area contributed by atoms with Crippen LogP contribution in [0.2, 0.25) is 5.02 Å². The first-order valence-electron chi connectivity index (χ1n) is 8.25. The van der Waals surface area contributed by atoms with Crippen molar-refractivity contribution in [3.05, 3.63) is 58.4 Å². The Kier molecular flexibility index (Phi) is 7.07. The Labute approximate surface area is 154 Å². The zero-order chi connectivity index (χ0) is 18.2. The molecule has 0 saturated carbocycles. The predicted octanol–water partition coefficient (Wildman–Crippen LogP) is 3.61. The molecule has 0 saturated heterocycles. The summed E-state index contributed by atoms with van der Waals surface area (Å²) in [5.74, 6) is 0.764. The number of halogens is 1. The maximum Gasteiger partial charge on any atom is 0.317 e. The fourth-order valence-corrected chi connectivity index (χ4v) is 2.51. The lowest BCUT2D eigenvalue weighted by Crippen LogP contribution is -2.40. The number of nitrogens with zero attached hydrogens (tertiary/aromatic N) is 2. The minimum absolute atomic E-state index is 0.110. The van der Waals surface area contributed by atoms with Gasteiger partial charge in [0.2, 0.25) is 0 Å². The van der Waals surface area contributed by atoms with Crippen molar-refractivity contribution in [2.24, 2.45) is 0 Å². The molecule has 25 heavy (non-hydrogen) atoms. The first-order chi connectivity index (χ1) is 12.0. The summed E-state index contributed by atoms with van der Waals surface area (Å²) in [5, 5.41) is 3.61. The number of nitrogens with one attached hydrogen (secondary N) is 1. The van der Waals surface area contributed by atoms with Gasteiger partial charge in [-0.25, -0.2) is 4.79 Å². The zero-order valence-electron chi connectivity index (χ0n) is 14.9. The number of carbonyl (C=O) groups excluding carboxylic acids is 1. The van der Waals surface area contributed by atoms with Gasteiger partial charge in [-0.05, 0) is 61.2 Å². The second kappa shape index (κ2) is 9.28. The van der Waals surface area contributed by atoms with Crippen LogP contribution in [0.15, 0.2) is 36.7 Å². The second-order valence-corrected chi connectivity index (χ2v) is 6.36. The van der Waals surface area contributed by atoms with Gasteiger partial charge in [0.05, 0.1) is 6.54 Å². The van der Waals surface area contributed by atoms with Gasteiger partial charge in [0.15, 0.2) is 0 Å². The Morgan fingerprint density at radius 1 is 1.24 bits per heavy atom. The lowest BCUT2D eigenvalue weighted by molar-refractivity contribution is 0.206. The Bertz CT molecular complexity index is 684. The van der Waals surface area contributed by atoms with Crippen LogP contribution in [-0.2, 0) is 6.42 Å². The molecule has 5 nitrogen and oxygen atoms in total. The van der Waals surface area contributed by atoms with Gasteiger partial charge in [0.1, 0.15) is 12.4 Å². The van der Waals surface area contributed by atoms with E-state index in [0.29, 0.717) is 19.7 Å². The minimum atomic E-state index is -0.110. The Morgan fingerprint density at radius 3 is 2.52 bits per heavy atom. The van der Waals surface area contributed by atoms with Gasteiger partial charge in [-0.2, -0.15) is 0 Å². The molecule has 2 amide bonds. The van der Waals surface area contributed by atoms with Crippen LogP contribution in [0, 0.1) is 13.8 Å². The van der Waals surface area contributed by atoms with Crippen LogP contribution in [0.3, 0.4) is 0 Å². The molecule has 1 aromatic heterocycles. The van der Waals surface area contributed by atoms with Crippen molar-refractivity contribution < 1.29 is 9.53 Å². The van der Waals surface area contributed by atoms with Crippen LogP contribution in [0.4, 0.5) is 4.79 Å². The predicted molar refractivity (Wildman–Crippen MR) is 100 cm³/mol. The number of benzene rings is 1. The van der Waals surface area contributed by atoms with Crippen LogP contribution in [-0.4, -0.2) is 42.7 Å². The van der Waals surface area contributed by atoms with E-state index in [0.717, 1.165) is 33.9 Å². The van der Waals surface area contributed by atoms with Gasteiger partial charge in [-0.1, -0.05) is 11.6 Å². The number of pyridine rings is 1. The van der Waals surface area contributed by atoms with Gasteiger partial charge in [-0.3, -0.25) is 4.98 Å². The number of carbonyl (C=O) groups is 1. The summed E-state index contributed by atoms with van der Waals surface area (Å²) < 4.78 is 5.68. The molecular weight excluding hydrogens is 338 g/mol. The zero-order valence-corrected chi connectivity index (χ0v) is 15.6. The summed E-state index contributed by atoms with van der Waals surface area (Å²) in [6, 6.07) is 7.60. The first-order valence-corrected chi connectivity index (χ1v) is 8.62. The summed E-state index contributed by atoms with van der Waals surface area (Å²) in [6.45, 7) is 5.39. The average Bonchev–Trinajstić information content (AvgIpc) is 2.61. The molecule has 0 radical (unpaired) electrons. The second-order valence-electron chi connectivity index (χ2n) is 5.98. The van der Waals surface area contributed by atoms with Crippen LogP contribution in [0.1, 0.15) is 16.7 Å². The lowest BCUT2D eigenvalue weighted by atomic mass is 10.1. The number of aromatic nitrogens is 1. The highest BCUT2D eigenvalue weighted by atomic mass is 35.5. The summed E-state index contributed by atoms with van der Waals surface area (Å²) in [5.41, 5.74) is 3.12. The molecular formula is C19H24ClN3O2. The highest BCUT2D eigenvalue weighted by Gasteiger charge is 2.08. The average molecular weight is 362 g/mol. The summed E-state index contributed by atoms with van der Waals surface area (Å²) >= 11 is 6.14. The SMILES string of the molecule is Cc1cc(OCCNC(=O)N(C)CCc2ccncc2)cc(C)c1Cl. The molecule has 0 unspecified atom stereocenters. The molecule has 0 aliphatic heterocycles. The van der Waals surface area contributed by atoms with Crippen molar-refractivity contribution in [2.75, 3.05) is 26.7 Å². The third-order valence-corrected chi connectivity index (χ3v) is 4.49. The van der Waals surface area contributed by atoms with Gasteiger partial charge in [-0.15, -0.1) is 0 Å². The van der Waals surface area contributed by atoms with E-state index in [1.807, 2.05) is 38.1 Å². The first kappa shape index (κ1) is 19.1. The van der Waals surface area contributed by atoms with E-state index in [2.05, 4.69) is 10.3 Å².